The van der Waals surface area contributed by atoms with E-state index in [9.17, 15) is 9.59 Å². The number of rotatable bonds is 6. The van der Waals surface area contributed by atoms with Gasteiger partial charge in [0.25, 0.3) is 0 Å². The summed E-state index contributed by atoms with van der Waals surface area (Å²) in [5, 5.41) is 19.7. The molecule has 0 fully saturated rings. The molecule has 1 atom stereocenters. The number of carboxylic acids is 1. The van der Waals surface area contributed by atoms with Crippen molar-refractivity contribution in [1.29, 1.82) is 0 Å². The summed E-state index contributed by atoms with van der Waals surface area (Å²) >= 11 is 1.33. The lowest BCUT2D eigenvalue weighted by molar-refractivity contribution is -0.142. The van der Waals surface area contributed by atoms with Crippen LogP contribution >= 0.6 is 11.8 Å². The van der Waals surface area contributed by atoms with Gasteiger partial charge in [0.1, 0.15) is 6.04 Å². The number of aryl methyl sites for hydroxylation is 1. The molecule has 0 aliphatic carbocycles. The third-order valence-corrected chi connectivity index (χ3v) is 3.44. The summed E-state index contributed by atoms with van der Waals surface area (Å²) in [7, 11) is 0. The minimum Gasteiger partial charge on any atom is -0.480 e. The Morgan fingerprint density at radius 1 is 1.39 bits per heavy atom. The molecule has 3 N–H and O–H groups in total. The number of carboxylic acid groups (broad SMARTS) is 1. The minimum absolute atomic E-state index is 0.120. The normalized spacial score (nSPS) is 11.9. The van der Waals surface area contributed by atoms with E-state index in [2.05, 4.69) is 5.32 Å². The highest BCUT2D eigenvalue weighted by molar-refractivity contribution is 8.00. The monoisotopic (exact) mass is 269 g/mol. The third kappa shape index (κ3) is 4.38. The van der Waals surface area contributed by atoms with Crippen molar-refractivity contribution in [2.75, 3.05) is 12.4 Å². The fourth-order valence-corrected chi connectivity index (χ4v) is 2.12. The molecule has 5 nitrogen and oxygen atoms in total. The molecule has 98 valence electrons. The van der Waals surface area contributed by atoms with Crippen molar-refractivity contribution in [3.05, 3.63) is 29.8 Å². The molecule has 0 spiro atoms. The number of carbonyl (C=O) groups is 2. The van der Waals surface area contributed by atoms with E-state index in [-0.39, 0.29) is 5.75 Å². The molecule has 0 aliphatic rings. The maximum absolute atomic E-state index is 11.5. The van der Waals surface area contributed by atoms with Crippen LogP contribution in [0.3, 0.4) is 0 Å². The van der Waals surface area contributed by atoms with Gasteiger partial charge in [-0.25, -0.2) is 4.79 Å². The summed E-state index contributed by atoms with van der Waals surface area (Å²) in [6, 6.07) is 6.38. The minimum atomic E-state index is -1.24. The first-order valence-electron chi connectivity index (χ1n) is 5.36. The van der Waals surface area contributed by atoms with Crippen LogP contribution < -0.4 is 5.32 Å². The van der Waals surface area contributed by atoms with Crippen molar-refractivity contribution < 1.29 is 19.8 Å². The molecule has 0 bridgehead atoms. The maximum atomic E-state index is 11.5. The van der Waals surface area contributed by atoms with E-state index in [1.165, 1.54) is 11.8 Å². The first-order valence-corrected chi connectivity index (χ1v) is 6.34. The van der Waals surface area contributed by atoms with Gasteiger partial charge >= 0.3 is 5.97 Å². The number of carbonyl (C=O) groups excluding carboxylic acids is 1. The van der Waals surface area contributed by atoms with Crippen LogP contribution in [0.4, 0.5) is 0 Å². The SMILES string of the molecule is Cc1ccccc1SCC(=O)N[C@@H](CO)C(=O)O. The second-order valence-electron chi connectivity index (χ2n) is 3.70. The quantitative estimate of drug-likeness (QED) is 0.660. The van der Waals surface area contributed by atoms with Crippen LogP contribution in [0.5, 0.6) is 0 Å². The molecule has 0 radical (unpaired) electrons. The summed E-state index contributed by atoms with van der Waals surface area (Å²) in [6.07, 6.45) is 0. The molecule has 0 heterocycles. The fourth-order valence-electron chi connectivity index (χ4n) is 1.28. The van der Waals surface area contributed by atoms with Crippen molar-refractivity contribution in [3.8, 4) is 0 Å². The fraction of sp³-hybridized carbons (Fsp3) is 0.333. The molecule has 1 aromatic rings. The van der Waals surface area contributed by atoms with Crippen LogP contribution in [0.15, 0.2) is 29.2 Å². The van der Waals surface area contributed by atoms with Crippen LogP contribution in [-0.2, 0) is 9.59 Å². The highest BCUT2D eigenvalue weighted by Gasteiger charge is 2.18. The standard InChI is InChI=1S/C12H15NO4S/c1-8-4-2-3-5-10(8)18-7-11(15)13-9(6-14)12(16)17/h2-5,9,14H,6-7H2,1H3,(H,13,15)(H,16,17)/t9-/m0/s1. The van der Waals surface area contributed by atoms with Gasteiger partial charge in [0, 0.05) is 4.90 Å². The van der Waals surface area contributed by atoms with E-state index >= 15 is 0 Å². The number of nitrogens with one attached hydrogen (secondary N) is 1. The number of aliphatic carboxylic acids is 1. The zero-order chi connectivity index (χ0) is 13.5. The Morgan fingerprint density at radius 3 is 2.61 bits per heavy atom. The van der Waals surface area contributed by atoms with E-state index in [0.29, 0.717) is 0 Å². The number of benzene rings is 1. The van der Waals surface area contributed by atoms with Gasteiger partial charge in [-0.15, -0.1) is 11.8 Å². The van der Waals surface area contributed by atoms with Crippen molar-refractivity contribution in [2.24, 2.45) is 0 Å². The molecule has 0 saturated carbocycles. The van der Waals surface area contributed by atoms with Crippen molar-refractivity contribution in [2.45, 2.75) is 17.9 Å². The molecule has 0 aromatic heterocycles. The topological polar surface area (TPSA) is 86.6 Å². The lowest BCUT2D eigenvalue weighted by Gasteiger charge is -2.11. The molecule has 0 aliphatic heterocycles. The summed E-state index contributed by atoms with van der Waals surface area (Å²) < 4.78 is 0. The summed E-state index contributed by atoms with van der Waals surface area (Å²) in [5.74, 6) is -1.54. The zero-order valence-electron chi connectivity index (χ0n) is 9.92. The Kier molecular flexibility index (Phi) is 5.67. The number of aliphatic hydroxyl groups excluding tert-OH is 1. The number of aliphatic hydroxyl groups is 1. The van der Waals surface area contributed by atoms with Crippen LogP contribution in [-0.4, -0.2) is 40.5 Å². The van der Waals surface area contributed by atoms with Crippen molar-refractivity contribution in [3.63, 3.8) is 0 Å². The Hall–Kier alpha value is -1.53. The van der Waals surface area contributed by atoms with Gasteiger partial charge in [-0.2, -0.15) is 0 Å². The first-order chi connectivity index (χ1) is 8.54. The van der Waals surface area contributed by atoms with E-state index in [1.807, 2.05) is 31.2 Å². The maximum Gasteiger partial charge on any atom is 0.328 e. The van der Waals surface area contributed by atoms with Gasteiger partial charge in [-0.1, -0.05) is 18.2 Å². The second-order valence-corrected chi connectivity index (χ2v) is 4.71. The van der Waals surface area contributed by atoms with Gasteiger partial charge < -0.3 is 15.5 Å². The Bertz CT molecular complexity index is 436. The van der Waals surface area contributed by atoms with E-state index in [1.54, 1.807) is 0 Å². The van der Waals surface area contributed by atoms with Gasteiger partial charge in [-0.3, -0.25) is 4.79 Å². The largest absolute Gasteiger partial charge is 0.480 e. The van der Waals surface area contributed by atoms with Crippen LogP contribution in [0.1, 0.15) is 5.56 Å². The third-order valence-electron chi connectivity index (χ3n) is 2.27. The highest BCUT2D eigenvalue weighted by Crippen LogP contribution is 2.21. The zero-order valence-corrected chi connectivity index (χ0v) is 10.7. The number of hydrogen-bond donors (Lipinski definition) is 3. The average molecular weight is 269 g/mol. The van der Waals surface area contributed by atoms with Gasteiger partial charge in [-0.05, 0) is 18.6 Å². The van der Waals surface area contributed by atoms with Gasteiger partial charge in [0.15, 0.2) is 0 Å². The lowest BCUT2D eigenvalue weighted by Crippen LogP contribution is -2.44. The molecule has 0 unspecified atom stereocenters. The molecule has 18 heavy (non-hydrogen) atoms. The highest BCUT2D eigenvalue weighted by atomic mass is 32.2. The van der Waals surface area contributed by atoms with Crippen molar-refractivity contribution in [1.82, 2.24) is 5.32 Å². The van der Waals surface area contributed by atoms with E-state index < -0.39 is 24.5 Å². The smallest absolute Gasteiger partial charge is 0.328 e. The van der Waals surface area contributed by atoms with Gasteiger partial charge in [0.2, 0.25) is 5.91 Å². The van der Waals surface area contributed by atoms with Crippen LogP contribution in [0, 0.1) is 6.92 Å². The number of amides is 1. The number of hydrogen-bond acceptors (Lipinski definition) is 4. The van der Waals surface area contributed by atoms with E-state index in [4.69, 9.17) is 10.2 Å². The Morgan fingerprint density at radius 2 is 2.06 bits per heavy atom. The summed E-state index contributed by atoms with van der Waals surface area (Å²) in [4.78, 5) is 23.1. The van der Waals surface area contributed by atoms with Crippen LogP contribution in [0.2, 0.25) is 0 Å². The summed E-state index contributed by atoms with van der Waals surface area (Å²) in [5.41, 5.74) is 1.06. The second kappa shape index (κ2) is 7.03. The Labute approximate surface area is 109 Å². The lowest BCUT2D eigenvalue weighted by atomic mass is 10.2. The molecule has 1 amide bonds. The average Bonchev–Trinajstić information content (AvgIpc) is 2.34. The molecular weight excluding hydrogens is 254 g/mol. The molecule has 0 saturated heterocycles. The Balaban J connectivity index is 2.47. The van der Waals surface area contributed by atoms with Crippen molar-refractivity contribution >= 4 is 23.6 Å². The molecule has 6 heteroatoms. The van der Waals surface area contributed by atoms with Gasteiger partial charge in [0.05, 0.1) is 12.4 Å². The predicted octanol–water partition coefficient (Wildman–Crippen LogP) is 0.649. The van der Waals surface area contributed by atoms with Crippen LogP contribution in [0.25, 0.3) is 0 Å². The predicted molar refractivity (Wildman–Crippen MR) is 68.6 cm³/mol. The number of thioether (sulfide) groups is 1. The molecule has 1 aromatic carbocycles. The molecule has 1 rings (SSSR count). The summed E-state index contributed by atoms with van der Waals surface area (Å²) in [6.45, 7) is 1.32. The first kappa shape index (κ1) is 14.5. The molecular formula is C12H15NO4S. The van der Waals surface area contributed by atoms with E-state index in [0.717, 1.165) is 10.5 Å².